The predicted octanol–water partition coefficient (Wildman–Crippen LogP) is 2.67. The molecule has 0 heterocycles. The summed E-state index contributed by atoms with van der Waals surface area (Å²) in [5.74, 6) is 1.26. The van der Waals surface area contributed by atoms with Crippen molar-refractivity contribution in [2.45, 2.75) is 52.2 Å². The Morgan fingerprint density at radius 3 is 2.59 bits per heavy atom. The third-order valence-corrected chi connectivity index (χ3v) is 3.50. The van der Waals surface area contributed by atoms with Gasteiger partial charge in [0, 0.05) is 31.5 Å². The highest BCUT2D eigenvalue weighted by molar-refractivity contribution is 6.18. The van der Waals surface area contributed by atoms with Crippen molar-refractivity contribution in [3.8, 4) is 0 Å². The molecule has 0 saturated heterocycles. The molecule has 0 atom stereocenters. The molecular formula is C13H24ClNO2. The first-order valence-corrected chi connectivity index (χ1v) is 7.08. The Kier molecular flexibility index (Phi) is 6.28. The van der Waals surface area contributed by atoms with Gasteiger partial charge in [-0.15, -0.1) is 11.6 Å². The molecule has 0 unspecified atom stereocenters. The molecule has 100 valence electrons. The van der Waals surface area contributed by atoms with Crippen LogP contribution in [0, 0.1) is 5.92 Å². The van der Waals surface area contributed by atoms with Gasteiger partial charge in [-0.25, -0.2) is 0 Å². The summed E-state index contributed by atoms with van der Waals surface area (Å²) in [7, 11) is 0. The summed E-state index contributed by atoms with van der Waals surface area (Å²) in [6.07, 6.45) is 3.11. The van der Waals surface area contributed by atoms with E-state index < -0.39 is 0 Å². The van der Waals surface area contributed by atoms with Gasteiger partial charge < -0.3 is 9.64 Å². The van der Waals surface area contributed by atoms with Crippen molar-refractivity contribution in [2.75, 3.05) is 19.0 Å². The largest absolute Gasteiger partial charge is 0.378 e. The minimum absolute atomic E-state index is 0.237. The minimum atomic E-state index is 0.237. The quantitative estimate of drug-likeness (QED) is 0.660. The molecule has 0 radical (unpaired) electrons. The van der Waals surface area contributed by atoms with Crippen molar-refractivity contribution in [1.29, 1.82) is 0 Å². The van der Waals surface area contributed by atoms with Crippen LogP contribution in [-0.2, 0) is 9.53 Å². The van der Waals surface area contributed by atoms with Crippen LogP contribution in [0.4, 0.5) is 0 Å². The van der Waals surface area contributed by atoms with E-state index in [4.69, 9.17) is 16.3 Å². The molecule has 1 amide bonds. The molecule has 3 nitrogen and oxygen atoms in total. The van der Waals surface area contributed by atoms with Gasteiger partial charge in [0.05, 0.1) is 6.10 Å². The van der Waals surface area contributed by atoms with E-state index in [0.717, 1.165) is 19.4 Å². The topological polar surface area (TPSA) is 29.5 Å². The lowest BCUT2D eigenvalue weighted by molar-refractivity contribution is -0.135. The molecule has 0 aliphatic heterocycles. The number of ether oxygens (including phenoxy) is 1. The van der Waals surface area contributed by atoms with Gasteiger partial charge in [0.2, 0.25) is 5.91 Å². The number of amides is 1. The number of carbonyl (C=O) groups excluding carboxylic acids is 1. The first-order valence-electron chi connectivity index (χ1n) is 6.55. The molecule has 1 rings (SSSR count). The van der Waals surface area contributed by atoms with Crippen LogP contribution in [0.5, 0.6) is 0 Å². The second kappa shape index (κ2) is 7.22. The second-order valence-electron chi connectivity index (χ2n) is 4.99. The maximum absolute atomic E-state index is 12.1. The Morgan fingerprint density at radius 1 is 1.47 bits per heavy atom. The summed E-state index contributed by atoms with van der Waals surface area (Å²) in [5.41, 5.74) is 0. The molecule has 1 aliphatic rings. The van der Waals surface area contributed by atoms with Crippen LogP contribution in [0.25, 0.3) is 0 Å². The summed E-state index contributed by atoms with van der Waals surface area (Å²) in [4.78, 5) is 13.9. The van der Waals surface area contributed by atoms with Crippen molar-refractivity contribution in [2.24, 2.45) is 5.92 Å². The fourth-order valence-corrected chi connectivity index (χ4v) is 2.52. The lowest BCUT2D eigenvalue weighted by Gasteiger charge is -2.36. The molecule has 4 heteroatoms. The summed E-state index contributed by atoms with van der Waals surface area (Å²) in [6.45, 7) is 7.51. The molecule has 0 N–H and O–H groups in total. The standard InChI is InChI=1S/C13H24ClNO2/c1-4-17-12-7-11(8-12)9-13(16)15(6-5-14)10(2)3/h10-12H,4-9H2,1-3H3. The summed E-state index contributed by atoms with van der Waals surface area (Å²) < 4.78 is 5.50. The van der Waals surface area contributed by atoms with Crippen LogP contribution in [0.2, 0.25) is 0 Å². The minimum Gasteiger partial charge on any atom is -0.378 e. The summed E-state index contributed by atoms with van der Waals surface area (Å²) in [5, 5.41) is 0. The molecule has 17 heavy (non-hydrogen) atoms. The van der Waals surface area contributed by atoms with Crippen molar-refractivity contribution >= 4 is 17.5 Å². The number of halogens is 1. The van der Waals surface area contributed by atoms with Gasteiger partial charge in [-0.05, 0) is 39.5 Å². The van der Waals surface area contributed by atoms with Crippen LogP contribution in [0.15, 0.2) is 0 Å². The second-order valence-corrected chi connectivity index (χ2v) is 5.37. The fraction of sp³-hybridized carbons (Fsp3) is 0.923. The van der Waals surface area contributed by atoms with Crippen molar-refractivity contribution in [3.63, 3.8) is 0 Å². The number of rotatable bonds is 7. The van der Waals surface area contributed by atoms with E-state index in [1.807, 2.05) is 25.7 Å². The molecule has 0 aromatic carbocycles. The molecule has 0 aromatic heterocycles. The molecule has 1 fully saturated rings. The highest BCUT2D eigenvalue weighted by atomic mass is 35.5. The van der Waals surface area contributed by atoms with Crippen LogP contribution in [0.1, 0.15) is 40.0 Å². The first-order chi connectivity index (χ1) is 8.08. The van der Waals surface area contributed by atoms with Gasteiger partial charge in [-0.2, -0.15) is 0 Å². The van der Waals surface area contributed by atoms with Gasteiger partial charge in [-0.3, -0.25) is 4.79 Å². The van der Waals surface area contributed by atoms with E-state index in [9.17, 15) is 4.79 Å². The van der Waals surface area contributed by atoms with Crippen molar-refractivity contribution in [3.05, 3.63) is 0 Å². The Labute approximate surface area is 109 Å². The number of carbonyl (C=O) groups is 1. The maximum atomic E-state index is 12.1. The van der Waals surface area contributed by atoms with Gasteiger partial charge in [0.25, 0.3) is 0 Å². The van der Waals surface area contributed by atoms with E-state index in [2.05, 4.69) is 0 Å². The van der Waals surface area contributed by atoms with E-state index in [-0.39, 0.29) is 11.9 Å². The Balaban J connectivity index is 2.29. The van der Waals surface area contributed by atoms with E-state index >= 15 is 0 Å². The zero-order chi connectivity index (χ0) is 12.8. The lowest BCUT2D eigenvalue weighted by atomic mass is 9.79. The van der Waals surface area contributed by atoms with Crippen molar-refractivity contribution in [1.82, 2.24) is 4.90 Å². The molecule has 0 aromatic rings. The van der Waals surface area contributed by atoms with Gasteiger partial charge >= 0.3 is 0 Å². The molecule has 0 bridgehead atoms. The fourth-order valence-electron chi connectivity index (χ4n) is 2.34. The highest BCUT2D eigenvalue weighted by Gasteiger charge is 2.32. The number of hydrogen-bond donors (Lipinski definition) is 0. The number of nitrogens with zero attached hydrogens (tertiary/aromatic N) is 1. The zero-order valence-electron chi connectivity index (χ0n) is 11.1. The molecule has 0 spiro atoms. The van der Waals surface area contributed by atoms with Crippen LogP contribution in [-0.4, -0.2) is 42.0 Å². The zero-order valence-corrected chi connectivity index (χ0v) is 11.9. The summed E-state index contributed by atoms with van der Waals surface area (Å²) >= 11 is 5.72. The smallest absolute Gasteiger partial charge is 0.223 e. The maximum Gasteiger partial charge on any atom is 0.223 e. The molecule has 1 saturated carbocycles. The Morgan fingerprint density at radius 2 is 2.12 bits per heavy atom. The summed E-state index contributed by atoms with van der Waals surface area (Å²) in [6, 6.07) is 0.240. The van der Waals surface area contributed by atoms with E-state index in [1.54, 1.807) is 0 Å². The molecular weight excluding hydrogens is 238 g/mol. The Hall–Kier alpha value is -0.280. The lowest BCUT2D eigenvalue weighted by Crippen LogP contribution is -2.41. The number of alkyl halides is 1. The first kappa shape index (κ1) is 14.8. The number of hydrogen-bond acceptors (Lipinski definition) is 2. The van der Waals surface area contributed by atoms with E-state index in [0.29, 0.717) is 30.9 Å². The average molecular weight is 262 g/mol. The van der Waals surface area contributed by atoms with Crippen LogP contribution < -0.4 is 0 Å². The highest BCUT2D eigenvalue weighted by Crippen LogP contribution is 2.33. The third-order valence-electron chi connectivity index (χ3n) is 3.33. The predicted molar refractivity (Wildman–Crippen MR) is 70.3 cm³/mol. The van der Waals surface area contributed by atoms with Gasteiger partial charge in [0.1, 0.15) is 0 Å². The van der Waals surface area contributed by atoms with Crippen molar-refractivity contribution < 1.29 is 9.53 Å². The van der Waals surface area contributed by atoms with Crippen LogP contribution in [0.3, 0.4) is 0 Å². The SMILES string of the molecule is CCOC1CC(CC(=O)N(CCCl)C(C)C)C1. The monoisotopic (exact) mass is 261 g/mol. The van der Waals surface area contributed by atoms with Gasteiger partial charge in [-0.1, -0.05) is 0 Å². The third kappa shape index (κ3) is 4.47. The van der Waals surface area contributed by atoms with Crippen LogP contribution >= 0.6 is 11.6 Å². The Bertz CT molecular complexity index is 240. The molecule has 1 aliphatic carbocycles. The van der Waals surface area contributed by atoms with Gasteiger partial charge in [0.15, 0.2) is 0 Å². The van der Waals surface area contributed by atoms with E-state index in [1.165, 1.54) is 0 Å². The normalized spacial score (nSPS) is 23.6. The average Bonchev–Trinajstić information content (AvgIpc) is 2.22.